The molecule has 0 saturated heterocycles. The molecule has 0 aromatic rings. The number of hydrogen-bond donors (Lipinski definition) is 0. The minimum atomic E-state index is 0.148. The molecule has 1 nitrogen and oxygen atoms in total. The standard InChI is InChI=1S/C6H4IN/c8-5-6-1-3-7-4-2-6/h1-4H. The molecule has 0 aliphatic carbocycles. The highest BCUT2D eigenvalue weighted by molar-refractivity contribution is 14.2. The fraction of sp³-hybridized carbons (Fsp3) is 0. The van der Waals surface area contributed by atoms with E-state index in [9.17, 15) is 0 Å². The van der Waals surface area contributed by atoms with Gasteiger partial charge in [-0.3, -0.25) is 0 Å². The molecular formula is C6H4IN. The third-order valence-corrected chi connectivity index (χ3v) is 2.31. The monoisotopic (exact) mass is 217 g/mol. The summed E-state index contributed by atoms with van der Waals surface area (Å²) in [5.41, 5.74) is 0.774. The van der Waals surface area contributed by atoms with Crippen molar-refractivity contribution in [1.29, 1.82) is 5.26 Å². The first-order chi connectivity index (χ1) is 3.93. The van der Waals surface area contributed by atoms with E-state index in [0.29, 0.717) is 0 Å². The maximum absolute atomic E-state index is 8.31. The zero-order chi connectivity index (χ0) is 5.82. The van der Waals surface area contributed by atoms with Gasteiger partial charge in [-0.05, 0) is 20.2 Å². The van der Waals surface area contributed by atoms with E-state index in [2.05, 4.69) is 14.2 Å². The second-order valence-electron chi connectivity index (χ2n) is 1.28. The third kappa shape index (κ3) is 1.27. The van der Waals surface area contributed by atoms with Crippen LogP contribution in [0.15, 0.2) is 21.8 Å². The van der Waals surface area contributed by atoms with Gasteiger partial charge in [-0.15, -0.1) is 0 Å². The van der Waals surface area contributed by atoms with Gasteiger partial charge in [-0.1, -0.05) is 20.7 Å². The van der Waals surface area contributed by atoms with Crippen molar-refractivity contribution in [3.63, 3.8) is 0 Å². The number of halogens is 1. The molecule has 1 aliphatic heterocycles. The molecule has 8 heavy (non-hydrogen) atoms. The summed E-state index contributed by atoms with van der Waals surface area (Å²) in [5.74, 6) is 0. The van der Waals surface area contributed by atoms with Crippen molar-refractivity contribution in [3.05, 3.63) is 21.8 Å². The molecule has 0 aromatic carbocycles. The maximum Gasteiger partial charge on any atom is 0.0991 e. The van der Waals surface area contributed by atoms with E-state index < -0.39 is 0 Å². The first-order valence-corrected chi connectivity index (χ1v) is 4.65. The number of nitrogens with zero attached hydrogens (tertiary/aromatic N) is 1. The van der Waals surface area contributed by atoms with E-state index in [-0.39, 0.29) is 20.7 Å². The molecule has 0 bridgehead atoms. The molecule has 0 atom stereocenters. The lowest BCUT2D eigenvalue weighted by Crippen LogP contribution is -1.72. The highest BCUT2D eigenvalue weighted by Gasteiger charge is 1.86. The summed E-state index contributed by atoms with van der Waals surface area (Å²) in [5, 5.41) is 8.31. The molecule has 0 saturated carbocycles. The van der Waals surface area contributed by atoms with Crippen LogP contribution in [0.1, 0.15) is 0 Å². The lowest BCUT2D eigenvalue weighted by atomic mass is 10.3. The Morgan fingerprint density at radius 3 is 2.88 bits per heavy atom. The van der Waals surface area contributed by atoms with Crippen LogP contribution in [0.3, 0.4) is 0 Å². The van der Waals surface area contributed by atoms with Crippen LogP contribution in [0.25, 0.3) is 0 Å². The molecule has 1 aliphatic rings. The predicted octanol–water partition coefficient (Wildman–Crippen LogP) is 1.74. The average molecular weight is 217 g/mol. The van der Waals surface area contributed by atoms with E-state index in [1.54, 1.807) is 0 Å². The second-order valence-corrected chi connectivity index (χ2v) is 3.44. The molecule has 1 rings (SSSR count). The summed E-state index contributed by atoms with van der Waals surface area (Å²) >= 11 is 0.148. The van der Waals surface area contributed by atoms with Gasteiger partial charge >= 0.3 is 0 Å². The minimum Gasteiger partial charge on any atom is -0.192 e. The highest BCUT2D eigenvalue weighted by atomic mass is 127. The Morgan fingerprint density at radius 2 is 2.50 bits per heavy atom. The van der Waals surface area contributed by atoms with Crippen molar-refractivity contribution in [1.82, 2.24) is 0 Å². The SMILES string of the molecule is N#CC1=CC=IC=C1. The summed E-state index contributed by atoms with van der Waals surface area (Å²) < 4.78 is 4.16. The Labute approximate surface area is 58.1 Å². The van der Waals surface area contributed by atoms with Gasteiger partial charge in [0, 0.05) is 0 Å². The van der Waals surface area contributed by atoms with Crippen LogP contribution in [0.2, 0.25) is 0 Å². The van der Waals surface area contributed by atoms with Crippen molar-refractivity contribution in [2.24, 2.45) is 0 Å². The smallest absolute Gasteiger partial charge is 0.0991 e. The van der Waals surface area contributed by atoms with Crippen LogP contribution in [0.4, 0.5) is 0 Å². The van der Waals surface area contributed by atoms with Gasteiger partial charge in [0.05, 0.1) is 11.6 Å². The van der Waals surface area contributed by atoms with Crippen molar-refractivity contribution in [2.45, 2.75) is 0 Å². The normalized spacial score (nSPS) is 16.1. The van der Waals surface area contributed by atoms with Crippen molar-refractivity contribution in [2.75, 3.05) is 0 Å². The Hall–Kier alpha value is -0.430. The number of allylic oxidation sites excluding steroid dienone is 3. The van der Waals surface area contributed by atoms with Gasteiger partial charge < -0.3 is 0 Å². The topological polar surface area (TPSA) is 23.8 Å². The molecule has 0 unspecified atom stereocenters. The van der Waals surface area contributed by atoms with E-state index in [0.717, 1.165) is 5.57 Å². The van der Waals surface area contributed by atoms with E-state index in [1.165, 1.54) is 0 Å². The predicted molar refractivity (Wildman–Crippen MR) is 42.9 cm³/mol. The quantitative estimate of drug-likeness (QED) is 0.567. The van der Waals surface area contributed by atoms with Crippen LogP contribution < -0.4 is 0 Å². The Bertz CT molecular complexity index is 205. The van der Waals surface area contributed by atoms with Crippen molar-refractivity contribution >= 4 is 24.7 Å². The highest BCUT2D eigenvalue weighted by Crippen LogP contribution is 2.07. The zero-order valence-corrected chi connectivity index (χ0v) is 6.29. The average Bonchev–Trinajstić information content (AvgIpc) is 1.90. The van der Waals surface area contributed by atoms with Gasteiger partial charge in [0.2, 0.25) is 0 Å². The summed E-state index contributed by atoms with van der Waals surface area (Å²) in [6.07, 6.45) is 3.76. The lowest BCUT2D eigenvalue weighted by Gasteiger charge is -1.85. The summed E-state index contributed by atoms with van der Waals surface area (Å²) in [7, 11) is 0. The molecule has 40 valence electrons. The molecule has 0 N–H and O–H groups in total. The van der Waals surface area contributed by atoms with Crippen LogP contribution >= 0.6 is 20.7 Å². The van der Waals surface area contributed by atoms with Crippen molar-refractivity contribution in [3.8, 4) is 6.07 Å². The summed E-state index contributed by atoms with van der Waals surface area (Å²) in [4.78, 5) is 0. The van der Waals surface area contributed by atoms with Crippen LogP contribution in [0.5, 0.6) is 0 Å². The molecular weight excluding hydrogens is 213 g/mol. The molecule has 2 heteroatoms. The minimum absolute atomic E-state index is 0.148. The number of nitriles is 1. The summed E-state index contributed by atoms with van der Waals surface area (Å²) in [6.45, 7) is 0. The van der Waals surface area contributed by atoms with Crippen molar-refractivity contribution < 1.29 is 0 Å². The van der Waals surface area contributed by atoms with Gasteiger partial charge in [0.25, 0.3) is 0 Å². The van der Waals surface area contributed by atoms with Gasteiger partial charge in [-0.25, -0.2) is 0 Å². The van der Waals surface area contributed by atoms with E-state index in [1.807, 2.05) is 12.2 Å². The van der Waals surface area contributed by atoms with Crippen LogP contribution in [-0.4, -0.2) is 4.01 Å². The molecule has 0 spiro atoms. The van der Waals surface area contributed by atoms with E-state index >= 15 is 0 Å². The lowest BCUT2D eigenvalue weighted by molar-refractivity contribution is 1.50. The van der Waals surface area contributed by atoms with Gasteiger partial charge in [0.15, 0.2) is 0 Å². The molecule has 0 aromatic heterocycles. The third-order valence-electron chi connectivity index (χ3n) is 0.760. The Kier molecular flexibility index (Phi) is 1.98. The first kappa shape index (κ1) is 5.70. The molecule has 0 radical (unpaired) electrons. The fourth-order valence-electron chi connectivity index (χ4n) is 0.381. The first-order valence-electron chi connectivity index (χ1n) is 2.15. The van der Waals surface area contributed by atoms with Gasteiger partial charge in [0.1, 0.15) is 0 Å². The van der Waals surface area contributed by atoms with Crippen LogP contribution in [-0.2, 0) is 0 Å². The molecule has 0 fully saturated rings. The van der Waals surface area contributed by atoms with E-state index in [4.69, 9.17) is 5.26 Å². The van der Waals surface area contributed by atoms with Gasteiger partial charge in [-0.2, -0.15) is 5.26 Å². The summed E-state index contributed by atoms with van der Waals surface area (Å²) in [6, 6.07) is 2.06. The largest absolute Gasteiger partial charge is 0.192 e. The number of hydrogen-bond acceptors (Lipinski definition) is 1. The van der Waals surface area contributed by atoms with Crippen LogP contribution in [0, 0.1) is 11.3 Å². The fourth-order valence-corrected chi connectivity index (χ4v) is 1.81. The molecule has 0 amide bonds. The Balaban J connectivity index is 2.88. The molecule has 1 heterocycles. The Morgan fingerprint density at radius 1 is 1.62 bits per heavy atom. The number of rotatable bonds is 0. The second kappa shape index (κ2) is 2.78. The maximum atomic E-state index is 8.31. The zero-order valence-electron chi connectivity index (χ0n) is 4.13.